The number of hydrogen-bond donors (Lipinski definition) is 1. The maximum absolute atomic E-state index is 13.4. The molecule has 0 bridgehead atoms. The van der Waals surface area contributed by atoms with Gasteiger partial charge in [0.2, 0.25) is 5.91 Å². The molecule has 2 aliphatic rings. The molecule has 1 heterocycles. The highest BCUT2D eigenvalue weighted by Crippen LogP contribution is 2.41. The average Bonchev–Trinajstić information content (AvgIpc) is 3.09. The van der Waals surface area contributed by atoms with Crippen LogP contribution in [0, 0.1) is 0 Å². The monoisotopic (exact) mass is 320 g/mol. The minimum Gasteiger partial charge on any atom is -0.341 e. The molecule has 1 atom stereocenters. The van der Waals surface area contributed by atoms with Crippen molar-refractivity contribution < 1.29 is 4.79 Å². The molecule has 0 aromatic heterocycles. The van der Waals surface area contributed by atoms with Gasteiger partial charge in [0.1, 0.15) is 0 Å². The van der Waals surface area contributed by atoms with E-state index < -0.39 is 0 Å². The molecule has 1 unspecified atom stereocenters. The molecule has 4 heteroatoms. The van der Waals surface area contributed by atoms with Crippen LogP contribution < -0.4 is 5.32 Å². The average molecular weight is 321 g/mol. The van der Waals surface area contributed by atoms with E-state index in [4.69, 9.17) is 11.6 Å². The van der Waals surface area contributed by atoms with Crippen molar-refractivity contribution in [2.75, 3.05) is 20.1 Å². The van der Waals surface area contributed by atoms with Gasteiger partial charge >= 0.3 is 0 Å². The molecule has 120 valence electrons. The number of halogens is 1. The molecule has 0 radical (unpaired) electrons. The van der Waals surface area contributed by atoms with Crippen molar-refractivity contribution >= 4 is 17.5 Å². The van der Waals surface area contributed by atoms with Gasteiger partial charge < -0.3 is 10.2 Å². The first-order valence-corrected chi connectivity index (χ1v) is 8.75. The van der Waals surface area contributed by atoms with E-state index in [1.807, 2.05) is 36.2 Å². The zero-order chi connectivity index (χ0) is 15.6. The lowest BCUT2D eigenvalue weighted by Gasteiger charge is -2.41. The molecular formula is C18H25ClN2O. The highest BCUT2D eigenvalue weighted by atomic mass is 35.5. The van der Waals surface area contributed by atoms with Crippen LogP contribution in [0.3, 0.4) is 0 Å². The summed E-state index contributed by atoms with van der Waals surface area (Å²) in [5.41, 5.74) is 0.791. The van der Waals surface area contributed by atoms with Crippen molar-refractivity contribution in [2.24, 2.45) is 0 Å². The van der Waals surface area contributed by atoms with Gasteiger partial charge in [0.15, 0.2) is 0 Å². The van der Waals surface area contributed by atoms with Crippen LogP contribution in [0.5, 0.6) is 0 Å². The Kier molecular flexibility index (Phi) is 4.74. The van der Waals surface area contributed by atoms with Gasteiger partial charge in [-0.05, 0) is 43.5 Å². The number of benzene rings is 1. The van der Waals surface area contributed by atoms with E-state index in [1.165, 1.54) is 6.42 Å². The Balaban J connectivity index is 1.91. The summed E-state index contributed by atoms with van der Waals surface area (Å²) in [5.74, 6) is 0.295. The summed E-state index contributed by atoms with van der Waals surface area (Å²) >= 11 is 6.04. The van der Waals surface area contributed by atoms with Gasteiger partial charge in [0.25, 0.3) is 0 Å². The Bertz CT molecular complexity index is 516. The lowest BCUT2D eigenvalue weighted by atomic mass is 9.68. The lowest BCUT2D eigenvalue weighted by molar-refractivity contribution is -0.139. The van der Waals surface area contributed by atoms with Crippen LogP contribution in [0.4, 0.5) is 0 Å². The summed E-state index contributed by atoms with van der Waals surface area (Å²) in [7, 11) is 1.98. The second-order valence-electron chi connectivity index (χ2n) is 6.71. The molecule has 3 rings (SSSR count). The number of hydrogen-bond acceptors (Lipinski definition) is 2. The quantitative estimate of drug-likeness (QED) is 0.926. The Hall–Kier alpha value is -1.06. The van der Waals surface area contributed by atoms with Gasteiger partial charge in [-0.3, -0.25) is 4.79 Å². The third-order valence-corrected chi connectivity index (χ3v) is 5.67. The normalized spacial score (nSPS) is 24.2. The zero-order valence-corrected chi connectivity index (χ0v) is 14.0. The molecular weight excluding hydrogens is 296 g/mol. The third-order valence-electron chi connectivity index (χ3n) is 5.42. The van der Waals surface area contributed by atoms with Gasteiger partial charge in [0, 0.05) is 24.7 Å². The Labute approximate surface area is 138 Å². The second kappa shape index (κ2) is 6.59. The molecule has 3 nitrogen and oxygen atoms in total. The van der Waals surface area contributed by atoms with E-state index in [2.05, 4.69) is 5.32 Å². The van der Waals surface area contributed by atoms with Crippen molar-refractivity contribution in [2.45, 2.75) is 50.0 Å². The summed E-state index contributed by atoms with van der Waals surface area (Å²) in [6, 6.07) is 8.26. The molecule has 1 aromatic rings. The summed E-state index contributed by atoms with van der Waals surface area (Å²) in [6.07, 6.45) is 6.46. The van der Waals surface area contributed by atoms with Crippen molar-refractivity contribution in [3.63, 3.8) is 0 Å². The van der Waals surface area contributed by atoms with Gasteiger partial charge in [-0.1, -0.05) is 43.0 Å². The van der Waals surface area contributed by atoms with Crippen molar-refractivity contribution in [3.8, 4) is 0 Å². The number of rotatable bonds is 3. The standard InChI is InChI=1S/C18H25ClN2O/c1-21(16-9-12-20-13-16)17(22)18(10-3-2-4-11-18)14-5-7-15(19)8-6-14/h5-8,16,20H,2-4,9-13H2,1H3. The Morgan fingerprint density at radius 2 is 1.91 bits per heavy atom. The van der Waals surface area contributed by atoms with Crippen LogP contribution in [-0.2, 0) is 10.2 Å². The smallest absolute Gasteiger partial charge is 0.233 e. The van der Waals surface area contributed by atoms with Crippen molar-refractivity contribution in [1.29, 1.82) is 0 Å². The van der Waals surface area contributed by atoms with E-state index in [-0.39, 0.29) is 5.41 Å². The number of carbonyl (C=O) groups is 1. The molecule has 1 amide bonds. The highest BCUT2D eigenvalue weighted by Gasteiger charge is 2.44. The lowest BCUT2D eigenvalue weighted by Crippen LogP contribution is -2.50. The first-order chi connectivity index (χ1) is 10.6. The summed E-state index contributed by atoms with van der Waals surface area (Å²) in [4.78, 5) is 15.4. The highest BCUT2D eigenvalue weighted by molar-refractivity contribution is 6.30. The van der Waals surface area contributed by atoms with Crippen LogP contribution in [0.1, 0.15) is 44.1 Å². The summed E-state index contributed by atoms with van der Waals surface area (Å²) in [5, 5.41) is 4.09. The van der Waals surface area contributed by atoms with E-state index in [0.717, 1.165) is 55.8 Å². The first kappa shape index (κ1) is 15.8. The van der Waals surface area contributed by atoms with Gasteiger partial charge in [-0.15, -0.1) is 0 Å². The predicted molar refractivity (Wildman–Crippen MR) is 90.3 cm³/mol. The van der Waals surface area contributed by atoms with E-state index in [0.29, 0.717) is 11.9 Å². The number of nitrogens with zero attached hydrogens (tertiary/aromatic N) is 1. The molecule has 1 N–H and O–H groups in total. The zero-order valence-electron chi connectivity index (χ0n) is 13.3. The summed E-state index contributed by atoms with van der Waals surface area (Å²) in [6.45, 7) is 1.93. The second-order valence-corrected chi connectivity index (χ2v) is 7.15. The molecule has 1 aliphatic carbocycles. The fourth-order valence-corrected chi connectivity index (χ4v) is 4.15. The number of likely N-dealkylation sites (N-methyl/N-ethyl adjacent to an activating group) is 1. The minimum atomic E-state index is -0.347. The topological polar surface area (TPSA) is 32.3 Å². The Morgan fingerprint density at radius 1 is 1.23 bits per heavy atom. The molecule has 1 saturated heterocycles. The van der Waals surface area contributed by atoms with Crippen molar-refractivity contribution in [1.82, 2.24) is 10.2 Å². The minimum absolute atomic E-state index is 0.295. The van der Waals surface area contributed by atoms with E-state index in [1.54, 1.807) is 0 Å². The fraction of sp³-hybridized carbons (Fsp3) is 0.611. The predicted octanol–water partition coefficient (Wildman–Crippen LogP) is 3.36. The summed E-state index contributed by atoms with van der Waals surface area (Å²) < 4.78 is 0. The first-order valence-electron chi connectivity index (χ1n) is 8.37. The third kappa shape index (κ3) is 2.89. The number of nitrogens with one attached hydrogen (secondary N) is 1. The van der Waals surface area contributed by atoms with Crippen LogP contribution in [-0.4, -0.2) is 37.0 Å². The maximum Gasteiger partial charge on any atom is 0.233 e. The molecule has 0 spiro atoms. The molecule has 1 aliphatic heterocycles. The Morgan fingerprint density at radius 3 is 2.50 bits per heavy atom. The SMILES string of the molecule is CN(C(=O)C1(c2ccc(Cl)cc2)CCCCC1)C1CCNC1. The van der Waals surface area contributed by atoms with Crippen LogP contribution >= 0.6 is 11.6 Å². The molecule has 2 fully saturated rings. The van der Waals surface area contributed by atoms with Gasteiger partial charge in [-0.25, -0.2) is 0 Å². The maximum atomic E-state index is 13.4. The molecule has 22 heavy (non-hydrogen) atoms. The largest absolute Gasteiger partial charge is 0.341 e. The molecule has 1 aromatic carbocycles. The molecule has 1 saturated carbocycles. The van der Waals surface area contributed by atoms with Crippen LogP contribution in [0.15, 0.2) is 24.3 Å². The van der Waals surface area contributed by atoms with Gasteiger partial charge in [0.05, 0.1) is 5.41 Å². The fourth-order valence-electron chi connectivity index (χ4n) is 4.02. The van der Waals surface area contributed by atoms with Gasteiger partial charge in [-0.2, -0.15) is 0 Å². The van der Waals surface area contributed by atoms with Crippen LogP contribution in [0.2, 0.25) is 5.02 Å². The van der Waals surface area contributed by atoms with Crippen molar-refractivity contribution in [3.05, 3.63) is 34.9 Å². The van der Waals surface area contributed by atoms with E-state index in [9.17, 15) is 4.79 Å². The van der Waals surface area contributed by atoms with Crippen LogP contribution in [0.25, 0.3) is 0 Å². The number of carbonyl (C=O) groups excluding carboxylic acids is 1. The van der Waals surface area contributed by atoms with E-state index >= 15 is 0 Å². The number of amides is 1.